The van der Waals surface area contributed by atoms with Crippen LogP contribution in [0.4, 0.5) is 0 Å². The third-order valence-electron chi connectivity index (χ3n) is 5.06. The lowest BCUT2D eigenvalue weighted by molar-refractivity contribution is 0.180. The lowest BCUT2D eigenvalue weighted by Crippen LogP contribution is -2.39. The van der Waals surface area contributed by atoms with Gasteiger partial charge in [0.25, 0.3) is 0 Å². The first-order valence-electron chi connectivity index (χ1n) is 9.07. The van der Waals surface area contributed by atoms with Crippen molar-refractivity contribution in [3.05, 3.63) is 40.8 Å². The molecule has 7 nitrogen and oxygen atoms in total. The monoisotopic (exact) mass is 425 g/mol. The van der Waals surface area contributed by atoms with Crippen molar-refractivity contribution in [1.29, 1.82) is 0 Å². The van der Waals surface area contributed by atoms with Gasteiger partial charge in [-0.15, -0.1) is 0 Å². The number of aryl methyl sites for hydroxylation is 1. The summed E-state index contributed by atoms with van der Waals surface area (Å²) >= 11 is 6.00. The maximum absolute atomic E-state index is 13.0. The molecular weight excluding hydrogens is 402 g/mol. The molecule has 3 rings (SSSR count). The van der Waals surface area contributed by atoms with E-state index in [4.69, 9.17) is 21.1 Å². The summed E-state index contributed by atoms with van der Waals surface area (Å²) in [6.45, 7) is 5.20. The zero-order valence-corrected chi connectivity index (χ0v) is 17.8. The Morgan fingerprint density at radius 2 is 1.93 bits per heavy atom. The van der Waals surface area contributed by atoms with Crippen LogP contribution >= 0.6 is 11.6 Å². The topological polar surface area (TPSA) is 81.6 Å². The van der Waals surface area contributed by atoms with Gasteiger partial charge in [0.2, 0.25) is 15.9 Å². The summed E-state index contributed by atoms with van der Waals surface area (Å²) in [6, 6.07) is 4.62. The average molecular weight is 426 g/mol. The molecule has 2 heterocycles. The van der Waals surface area contributed by atoms with Gasteiger partial charge in [-0.2, -0.15) is 4.31 Å². The molecule has 1 fully saturated rings. The summed E-state index contributed by atoms with van der Waals surface area (Å²) in [5, 5.41) is 0.359. The number of aromatic nitrogens is 2. The molecule has 28 heavy (non-hydrogen) atoms. The van der Waals surface area contributed by atoms with Crippen molar-refractivity contribution in [2.75, 3.05) is 26.8 Å². The summed E-state index contributed by atoms with van der Waals surface area (Å²) in [5.74, 6) is 1.15. The highest BCUT2D eigenvalue weighted by atomic mass is 35.5. The molecule has 0 N–H and O–H groups in total. The van der Waals surface area contributed by atoms with Crippen LogP contribution in [0.2, 0.25) is 5.02 Å². The first-order valence-corrected chi connectivity index (χ1v) is 10.9. The minimum absolute atomic E-state index is 0.101. The Morgan fingerprint density at radius 1 is 1.21 bits per heavy atom. The predicted octanol–water partition coefficient (Wildman–Crippen LogP) is 3.24. The number of halogens is 1. The highest BCUT2D eigenvalue weighted by Gasteiger charge is 2.32. The van der Waals surface area contributed by atoms with E-state index in [1.807, 2.05) is 13.8 Å². The molecule has 0 saturated carbocycles. The molecule has 0 spiro atoms. The first-order chi connectivity index (χ1) is 13.3. The Balaban J connectivity index is 1.63. The van der Waals surface area contributed by atoms with Crippen LogP contribution in [0, 0.1) is 19.8 Å². The van der Waals surface area contributed by atoms with Gasteiger partial charge in [0.05, 0.1) is 13.7 Å². The molecule has 1 saturated heterocycles. The molecule has 9 heteroatoms. The maximum Gasteiger partial charge on any atom is 0.246 e. The van der Waals surface area contributed by atoms with Gasteiger partial charge in [0.15, 0.2) is 0 Å². The summed E-state index contributed by atoms with van der Waals surface area (Å²) in [4.78, 5) is 8.42. The number of nitrogens with zero attached hydrogens (tertiary/aromatic N) is 3. The SMILES string of the molecule is COc1ccc(Cl)cc1S(=O)(=O)N1CCC(COc2ncnc(C)c2C)CC1. The van der Waals surface area contributed by atoms with E-state index in [1.54, 1.807) is 12.1 Å². The maximum atomic E-state index is 13.0. The second-order valence-electron chi connectivity index (χ2n) is 6.84. The highest BCUT2D eigenvalue weighted by molar-refractivity contribution is 7.89. The molecule has 1 aliphatic heterocycles. The average Bonchev–Trinajstić information content (AvgIpc) is 2.69. The molecule has 0 aliphatic carbocycles. The number of ether oxygens (including phenoxy) is 2. The predicted molar refractivity (Wildman–Crippen MR) is 106 cm³/mol. The fraction of sp³-hybridized carbons (Fsp3) is 0.474. The first kappa shape index (κ1) is 20.8. The standard InChI is InChI=1S/C19H24ClN3O4S/c1-13-14(2)21-12-22-19(13)27-11-15-6-8-23(9-7-15)28(24,25)18-10-16(20)4-5-17(18)26-3/h4-5,10,12,15H,6-9,11H2,1-3H3. The molecule has 0 bridgehead atoms. The van der Waals surface area contributed by atoms with Gasteiger partial charge in [0.1, 0.15) is 17.0 Å². The third-order valence-corrected chi connectivity index (χ3v) is 7.22. The van der Waals surface area contributed by atoms with Gasteiger partial charge >= 0.3 is 0 Å². The van der Waals surface area contributed by atoms with Gasteiger partial charge in [-0.1, -0.05) is 11.6 Å². The quantitative estimate of drug-likeness (QED) is 0.706. The van der Waals surface area contributed by atoms with Crippen molar-refractivity contribution < 1.29 is 17.9 Å². The Labute approximate surface area is 170 Å². The van der Waals surface area contributed by atoms with E-state index in [1.165, 1.54) is 23.8 Å². The van der Waals surface area contributed by atoms with Crippen molar-refractivity contribution in [3.8, 4) is 11.6 Å². The van der Waals surface area contributed by atoms with Crippen LogP contribution in [0.15, 0.2) is 29.4 Å². The highest BCUT2D eigenvalue weighted by Crippen LogP contribution is 2.32. The number of sulfonamides is 1. The van der Waals surface area contributed by atoms with Gasteiger partial charge in [-0.25, -0.2) is 18.4 Å². The van der Waals surface area contributed by atoms with Crippen LogP contribution < -0.4 is 9.47 Å². The van der Waals surface area contributed by atoms with Gasteiger partial charge < -0.3 is 9.47 Å². The molecular formula is C19H24ClN3O4S. The molecule has 2 aromatic rings. The summed E-state index contributed by atoms with van der Waals surface area (Å²) in [7, 11) is -2.22. The number of methoxy groups -OCH3 is 1. The van der Waals surface area contributed by atoms with Crippen LogP contribution in [0.25, 0.3) is 0 Å². The fourth-order valence-electron chi connectivity index (χ4n) is 3.17. The Hall–Kier alpha value is -1.90. The van der Waals surface area contributed by atoms with Gasteiger partial charge in [-0.3, -0.25) is 0 Å². The number of rotatable bonds is 6. The molecule has 1 aromatic heterocycles. The summed E-state index contributed by atoms with van der Waals surface area (Å²) < 4.78 is 38.6. The van der Waals surface area contributed by atoms with E-state index in [0.29, 0.717) is 49.2 Å². The van der Waals surface area contributed by atoms with Crippen molar-refractivity contribution >= 4 is 21.6 Å². The van der Waals surface area contributed by atoms with E-state index in [0.717, 1.165) is 11.3 Å². The molecule has 152 valence electrons. The number of piperidine rings is 1. The Bertz CT molecular complexity index is 944. The van der Waals surface area contributed by atoms with Crippen LogP contribution in [0.5, 0.6) is 11.6 Å². The smallest absolute Gasteiger partial charge is 0.246 e. The summed E-state index contributed by atoms with van der Waals surface area (Å²) in [5.41, 5.74) is 1.82. The van der Waals surface area contributed by atoms with E-state index in [-0.39, 0.29) is 10.8 Å². The van der Waals surface area contributed by atoms with Crippen LogP contribution in [-0.2, 0) is 10.0 Å². The lowest BCUT2D eigenvalue weighted by Gasteiger charge is -2.31. The van der Waals surface area contributed by atoms with E-state index in [9.17, 15) is 8.42 Å². The minimum atomic E-state index is -3.67. The zero-order chi connectivity index (χ0) is 20.3. The molecule has 0 unspecified atom stereocenters. The number of hydrogen-bond donors (Lipinski definition) is 0. The number of hydrogen-bond acceptors (Lipinski definition) is 6. The van der Waals surface area contributed by atoms with Gasteiger partial charge in [-0.05, 0) is 50.8 Å². The zero-order valence-electron chi connectivity index (χ0n) is 16.2. The Kier molecular flexibility index (Phi) is 6.42. The minimum Gasteiger partial charge on any atom is -0.495 e. The fourth-order valence-corrected chi connectivity index (χ4v) is 5.05. The Morgan fingerprint density at radius 3 is 2.61 bits per heavy atom. The van der Waals surface area contributed by atoms with Gasteiger partial charge in [0, 0.05) is 29.4 Å². The molecule has 0 radical (unpaired) electrons. The molecule has 0 amide bonds. The third kappa shape index (κ3) is 4.39. The second-order valence-corrected chi connectivity index (χ2v) is 9.19. The van der Waals surface area contributed by atoms with E-state index < -0.39 is 10.0 Å². The van der Waals surface area contributed by atoms with E-state index in [2.05, 4.69) is 9.97 Å². The largest absolute Gasteiger partial charge is 0.495 e. The second kappa shape index (κ2) is 8.63. The van der Waals surface area contributed by atoms with Crippen LogP contribution in [-0.4, -0.2) is 49.5 Å². The normalized spacial score (nSPS) is 16.1. The van der Waals surface area contributed by atoms with Crippen molar-refractivity contribution in [2.45, 2.75) is 31.6 Å². The van der Waals surface area contributed by atoms with Crippen molar-refractivity contribution in [3.63, 3.8) is 0 Å². The van der Waals surface area contributed by atoms with Crippen molar-refractivity contribution in [2.24, 2.45) is 5.92 Å². The van der Waals surface area contributed by atoms with Crippen molar-refractivity contribution in [1.82, 2.24) is 14.3 Å². The molecule has 0 atom stereocenters. The van der Waals surface area contributed by atoms with E-state index >= 15 is 0 Å². The molecule has 1 aromatic carbocycles. The van der Waals surface area contributed by atoms with Crippen LogP contribution in [0.1, 0.15) is 24.1 Å². The lowest BCUT2D eigenvalue weighted by atomic mass is 9.99. The molecule has 1 aliphatic rings. The number of benzene rings is 1. The van der Waals surface area contributed by atoms with Crippen LogP contribution in [0.3, 0.4) is 0 Å². The summed E-state index contributed by atoms with van der Waals surface area (Å²) in [6.07, 6.45) is 2.92.